The number of carbonyl (C=O) groups excluding carboxylic acids is 1. The van der Waals surface area contributed by atoms with Gasteiger partial charge in [-0.1, -0.05) is 30.3 Å². The van der Waals surface area contributed by atoms with Crippen molar-refractivity contribution in [3.05, 3.63) is 35.9 Å². The van der Waals surface area contributed by atoms with E-state index in [2.05, 4.69) is 0 Å². The smallest absolute Gasteiger partial charge is 0.324 e. The zero-order valence-corrected chi connectivity index (χ0v) is 13.0. The average Bonchev–Trinajstić information content (AvgIpc) is 2.88. The van der Waals surface area contributed by atoms with Crippen LogP contribution in [0.15, 0.2) is 30.3 Å². The fourth-order valence-corrected chi connectivity index (χ4v) is 3.42. The van der Waals surface area contributed by atoms with Crippen LogP contribution < -0.4 is 0 Å². The summed E-state index contributed by atoms with van der Waals surface area (Å²) in [5.41, 5.74) is -0.282. The molecule has 3 atom stereocenters. The van der Waals surface area contributed by atoms with Crippen LogP contribution in [-0.4, -0.2) is 37.9 Å². The molecule has 5 nitrogen and oxygen atoms in total. The molecule has 3 rings (SSSR count). The Morgan fingerprint density at radius 3 is 2.73 bits per heavy atom. The van der Waals surface area contributed by atoms with E-state index in [4.69, 9.17) is 18.9 Å². The lowest BCUT2D eigenvalue weighted by molar-refractivity contribution is -0.378. The molecule has 0 aromatic heterocycles. The van der Waals surface area contributed by atoms with Gasteiger partial charge in [-0.2, -0.15) is 0 Å². The third-order valence-corrected chi connectivity index (χ3v) is 4.37. The molecule has 2 heterocycles. The zero-order chi connectivity index (χ0) is 15.6. The third kappa shape index (κ3) is 2.16. The Morgan fingerprint density at radius 2 is 2.05 bits per heavy atom. The van der Waals surface area contributed by atoms with Gasteiger partial charge in [0.15, 0.2) is 5.41 Å². The van der Waals surface area contributed by atoms with Crippen LogP contribution in [0.5, 0.6) is 0 Å². The van der Waals surface area contributed by atoms with E-state index in [0.29, 0.717) is 26.2 Å². The molecule has 3 unspecified atom stereocenters. The lowest BCUT2D eigenvalue weighted by Gasteiger charge is -2.46. The molecule has 2 bridgehead atoms. The number of rotatable bonds is 5. The van der Waals surface area contributed by atoms with Crippen molar-refractivity contribution in [3.8, 4) is 0 Å². The highest BCUT2D eigenvalue weighted by Crippen LogP contribution is 2.52. The Morgan fingerprint density at radius 1 is 1.27 bits per heavy atom. The molecule has 0 spiro atoms. The lowest BCUT2D eigenvalue weighted by Crippen LogP contribution is -2.61. The molecule has 2 aliphatic heterocycles. The molecule has 5 heteroatoms. The topological polar surface area (TPSA) is 54.0 Å². The first kappa shape index (κ1) is 15.5. The van der Waals surface area contributed by atoms with Crippen molar-refractivity contribution in [1.29, 1.82) is 0 Å². The molecular formula is C17H22O5. The molecule has 1 aromatic carbocycles. The van der Waals surface area contributed by atoms with Crippen molar-refractivity contribution in [3.63, 3.8) is 0 Å². The van der Waals surface area contributed by atoms with Crippen LogP contribution in [0.3, 0.4) is 0 Å². The summed E-state index contributed by atoms with van der Waals surface area (Å²) in [6.45, 7) is 4.80. The van der Waals surface area contributed by atoms with E-state index in [1.54, 1.807) is 6.92 Å². The minimum absolute atomic E-state index is 0.0298. The van der Waals surface area contributed by atoms with E-state index in [1.165, 1.54) is 0 Å². The molecule has 0 aliphatic carbocycles. The highest BCUT2D eigenvalue weighted by molar-refractivity contribution is 5.85. The van der Waals surface area contributed by atoms with Gasteiger partial charge < -0.3 is 18.9 Å². The van der Waals surface area contributed by atoms with E-state index >= 15 is 0 Å². The molecule has 2 saturated heterocycles. The quantitative estimate of drug-likeness (QED) is 0.782. The monoisotopic (exact) mass is 306 g/mol. The van der Waals surface area contributed by atoms with Gasteiger partial charge in [0.25, 0.3) is 0 Å². The van der Waals surface area contributed by atoms with Crippen molar-refractivity contribution in [2.24, 2.45) is 0 Å². The molecule has 2 fully saturated rings. The van der Waals surface area contributed by atoms with Crippen LogP contribution >= 0.6 is 0 Å². The Labute approximate surface area is 130 Å². The second-order valence-corrected chi connectivity index (χ2v) is 5.57. The molecule has 0 radical (unpaired) electrons. The van der Waals surface area contributed by atoms with E-state index in [9.17, 15) is 4.79 Å². The van der Waals surface area contributed by atoms with Crippen molar-refractivity contribution in [1.82, 2.24) is 0 Å². The van der Waals surface area contributed by atoms with Crippen LogP contribution in [0.2, 0.25) is 0 Å². The van der Waals surface area contributed by atoms with Crippen molar-refractivity contribution >= 4 is 5.97 Å². The maximum absolute atomic E-state index is 12.9. The highest BCUT2D eigenvalue weighted by Gasteiger charge is 2.68. The first-order valence-corrected chi connectivity index (χ1v) is 7.87. The average molecular weight is 306 g/mol. The van der Waals surface area contributed by atoms with Crippen LogP contribution in [0.1, 0.15) is 32.3 Å². The summed E-state index contributed by atoms with van der Waals surface area (Å²) in [6.07, 6.45) is 1.29. The Hall–Kier alpha value is -1.43. The van der Waals surface area contributed by atoms with Crippen LogP contribution in [0.25, 0.3) is 0 Å². The molecule has 1 aromatic rings. The summed E-state index contributed by atoms with van der Waals surface area (Å²) >= 11 is 0. The number of hydrogen-bond acceptors (Lipinski definition) is 5. The van der Waals surface area contributed by atoms with Crippen molar-refractivity contribution in [2.75, 3.05) is 19.8 Å². The Balaban J connectivity index is 2.13. The SMILES string of the molecule is CCOC(=O)C1(c2ccccc2)CCC2COC1(OCC)O2. The number of fused-ring (bicyclic) bond motifs is 2. The number of esters is 1. The first-order valence-electron chi connectivity index (χ1n) is 7.87. The fourth-order valence-electron chi connectivity index (χ4n) is 3.42. The molecule has 0 amide bonds. The summed E-state index contributed by atoms with van der Waals surface area (Å²) in [4.78, 5) is 12.9. The lowest BCUT2D eigenvalue weighted by atomic mass is 9.72. The molecule has 0 N–H and O–H groups in total. The molecule has 2 aliphatic rings. The van der Waals surface area contributed by atoms with Gasteiger partial charge in [-0.15, -0.1) is 0 Å². The minimum Gasteiger partial charge on any atom is -0.465 e. The summed E-state index contributed by atoms with van der Waals surface area (Å²) in [6, 6.07) is 9.53. The highest BCUT2D eigenvalue weighted by atomic mass is 16.9. The predicted octanol–water partition coefficient (Wildman–Crippen LogP) is 2.39. The van der Waals surface area contributed by atoms with Gasteiger partial charge in [-0.25, -0.2) is 0 Å². The van der Waals surface area contributed by atoms with Crippen molar-refractivity contribution in [2.45, 2.75) is 44.2 Å². The molecule has 22 heavy (non-hydrogen) atoms. The normalized spacial score (nSPS) is 33.6. The third-order valence-electron chi connectivity index (χ3n) is 4.37. The minimum atomic E-state index is -1.39. The second kappa shape index (κ2) is 5.99. The predicted molar refractivity (Wildman–Crippen MR) is 79.2 cm³/mol. The standard InChI is InChI=1S/C17H22O5/c1-3-19-15(18)16(13-8-6-5-7-9-13)11-10-14-12-21-17(16,22-14)20-4-2/h5-9,14H,3-4,10-12H2,1-2H3. The summed E-state index contributed by atoms with van der Waals surface area (Å²) in [5, 5.41) is 0. The number of carbonyl (C=O) groups is 1. The van der Waals surface area contributed by atoms with Gasteiger partial charge in [0.2, 0.25) is 0 Å². The molecular weight excluding hydrogens is 284 g/mol. The number of benzene rings is 1. The van der Waals surface area contributed by atoms with Crippen LogP contribution in [-0.2, 0) is 29.2 Å². The van der Waals surface area contributed by atoms with Gasteiger partial charge in [0, 0.05) is 6.61 Å². The van der Waals surface area contributed by atoms with Gasteiger partial charge in [0.1, 0.15) is 0 Å². The van der Waals surface area contributed by atoms with E-state index < -0.39 is 11.4 Å². The Bertz CT molecular complexity index is 527. The first-order chi connectivity index (χ1) is 10.7. The summed E-state index contributed by atoms with van der Waals surface area (Å²) < 4.78 is 23.2. The van der Waals surface area contributed by atoms with E-state index in [0.717, 1.165) is 12.0 Å². The maximum atomic E-state index is 12.9. The fraction of sp³-hybridized carbons (Fsp3) is 0.588. The largest absolute Gasteiger partial charge is 0.465 e. The summed E-state index contributed by atoms with van der Waals surface area (Å²) in [7, 11) is 0. The van der Waals surface area contributed by atoms with E-state index in [-0.39, 0.29) is 12.1 Å². The maximum Gasteiger partial charge on any atom is 0.324 e. The molecule has 0 saturated carbocycles. The second-order valence-electron chi connectivity index (χ2n) is 5.57. The van der Waals surface area contributed by atoms with Crippen LogP contribution in [0, 0.1) is 0 Å². The summed E-state index contributed by atoms with van der Waals surface area (Å²) in [5.74, 6) is -1.74. The van der Waals surface area contributed by atoms with Gasteiger partial charge in [-0.05, 0) is 32.3 Å². The van der Waals surface area contributed by atoms with Gasteiger partial charge in [-0.3, -0.25) is 4.79 Å². The number of hydrogen-bond donors (Lipinski definition) is 0. The zero-order valence-electron chi connectivity index (χ0n) is 13.0. The van der Waals surface area contributed by atoms with Gasteiger partial charge >= 0.3 is 11.9 Å². The Kier molecular flexibility index (Phi) is 4.21. The van der Waals surface area contributed by atoms with E-state index in [1.807, 2.05) is 37.3 Å². The van der Waals surface area contributed by atoms with Crippen molar-refractivity contribution < 1.29 is 23.7 Å². The number of ether oxygens (including phenoxy) is 4. The molecule has 120 valence electrons. The van der Waals surface area contributed by atoms with Gasteiger partial charge in [0.05, 0.1) is 19.3 Å². The van der Waals surface area contributed by atoms with Crippen LogP contribution in [0.4, 0.5) is 0 Å².